The number of methoxy groups -OCH3 is 1. The van der Waals surface area contributed by atoms with Gasteiger partial charge in [0, 0.05) is 5.92 Å². The van der Waals surface area contributed by atoms with Gasteiger partial charge < -0.3 is 4.74 Å². The van der Waals surface area contributed by atoms with Gasteiger partial charge >= 0.3 is 0 Å². The van der Waals surface area contributed by atoms with Crippen molar-refractivity contribution in [2.24, 2.45) is 0 Å². The summed E-state index contributed by atoms with van der Waals surface area (Å²) in [5.74, 6) is 0.659. The minimum Gasteiger partial charge on any atom is -0.494 e. The van der Waals surface area contributed by atoms with Crippen LogP contribution < -0.4 is 4.74 Å². The van der Waals surface area contributed by atoms with Crippen LogP contribution in [0.2, 0.25) is 0 Å². The Hall–Kier alpha value is -1.71. The maximum atomic E-state index is 13.7. The number of ether oxygens (including phenoxy) is 1. The smallest absolute Gasteiger partial charge is 0.224 e. The average molecular weight is 220 g/mol. The highest BCUT2D eigenvalue weighted by Crippen LogP contribution is 2.26. The number of rotatable bonds is 2. The number of aromatic nitrogens is 2. The van der Waals surface area contributed by atoms with Gasteiger partial charge in [-0.25, -0.2) is 9.97 Å². The Kier molecular flexibility index (Phi) is 2.73. The molecule has 0 atom stereocenters. The van der Waals surface area contributed by atoms with Gasteiger partial charge in [-0.15, -0.1) is 0 Å². The zero-order valence-corrected chi connectivity index (χ0v) is 9.49. The predicted molar refractivity (Wildman–Crippen MR) is 60.1 cm³/mol. The third-order valence-corrected chi connectivity index (χ3v) is 2.40. The van der Waals surface area contributed by atoms with E-state index in [0.29, 0.717) is 22.5 Å². The predicted octanol–water partition coefficient (Wildman–Crippen LogP) is 2.90. The highest BCUT2D eigenvalue weighted by molar-refractivity contribution is 5.84. The molecule has 0 radical (unpaired) electrons. The summed E-state index contributed by atoms with van der Waals surface area (Å²) in [5, 5.41) is 0.392. The highest BCUT2D eigenvalue weighted by atomic mass is 19.1. The zero-order chi connectivity index (χ0) is 11.7. The first kappa shape index (κ1) is 10.8. The maximum Gasteiger partial charge on any atom is 0.224 e. The van der Waals surface area contributed by atoms with Gasteiger partial charge in [-0.3, -0.25) is 0 Å². The summed E-state index contributed by atoms with van der Waals surface area (Å²) in [4.78, 5) is 8.17. The van der Waals surface area contributed by atoms with E-state index in [-0.39, 0.29) is 5.92 Å². The monoisotopic (exact) mass is 220 g/mol. The first-order valence-electron chi connectivity index (χ1n) is 5.13. The van der Waals surface area contributed by atoms with Crippen LogP contribution >= 0.6 is 0 Å². The Balaban J connectivity index is 2.77. The Morgan fingerprint density at radius 2 is 2.00 bits per heavy atom. The number of para-hydroxylation sites is 1. The Labute approximate surface area is 93.3 Å². The summed E-state index contributed by atoms with van der Waals surface area (Å²) in [5.41, 5.74) is 0.529. The minimum atomic E-state index is -0.493. The Morgan fingerprint density at radius 3 is 2.62 bits per heavy atom. The summed E-state index contributed by atoms with van der Waals surface area (Å²) < 4.78 is 18.9. The fraction of sp³-hybridized carbons (Fsp3) is 0.333. The molecule has 2 rings (SSSR count). The van der Waals surface area contributed by atoms with Crippen LogP contribution in [0.25, 0.3) is 10.9 Å². The average Bonchev–Trinajstić information content (AvgIpc) is 2.28. The Morgan fingerprint density at radius 1 is 1.25 bits per heavy atom. The van der Waals surface area contributed by atoms with E-state index in [1.54, 1.807) is 25.3 Å². The molecule has 0 fully saturated rings. The van der Waals surface area contributed by atoms with Crippen molar-refractivity contribution >= 4 is 10.9 Å². The molecule has 0 saturated carbocycles. The van der Waals surface area contributed by atoms with Gasteiger partial charge in [-0.05, 0) is 12.1 Å². The van der Waals surface area contributed by atoms with Gasteiger partial charge in [-0.1, -0.05) is 19.9 Å². The molecule has 0 N–H and O–H groups in total. The van der Waals surface area contributed by atoms with Crippen molar-refractivity contribution < 1.29 is 9.13 Å². The summed E-state index contributed by atoms with van der Waals surface area (Å²) in [6.45, 7) is 3.85. The van der Waals surface area contributed by atoms with Gasteiger partial charge in [0.1, 0.15) is 17.1 Å². The largest absolute Gasteiger partial charge is 0.494 e. The van der Waals surface area contributed by atoms with Crippen molar-refractivity contribution in [3.63, 3.8) is 0 Å². The molecule has 0 bridgehead atoms. The molecule has 16 heavy (non-hydrogen) atoms. The zero-order valence-electron chi connectivity index (χ0n) is 9.49. The number of hydrogen-bond donors (Lipinski definition) is 0. The van der Waals surface area contributed by atoms with Crippen LogP contribution in [0.1, 0.15) is 25.6 Å². The van der Waals surface area contributed by atoms with E-state index in [2.05, 4.69) is 9.97 Å². The highest BCUT2D eigenvalue weighted by Gasteiger charge is 2.12. The third kappa shape index (κ3) is 1.71. The molecule has 84 valence electrons. The summed E-state index contributed by atoms with van der Waals surface area (Å²) in [6, 6.07) is 5.14. The fourth-order valence-corrected chi connectivity index (χ4v) is 1.53. The van der Waals surface area contributed by atoms with Crippen LogP contribution in [-0.4, -0.2) is 17.1 Å². The molecule has 0 saturated heterocycles. The lowest BCUT2D eigenvalue weighted by Gasteiger charge is -2.08. The lowest BCUT2D eigenvalue weighted by molar-refractivity contribution is 0.418. The van der Waals surface area contributed by atoms with Gasteiger partial charge in [0.15, 0.2) is 0 Å². The minimum absolute atomic E-state index is 0.0869. The molecular formula is C12H13FN2O. The molecule has 0 aliphatic heterocycles. The molecular weight excluding hydrogens is 207 g/mol. The summed E-state index contributed by atoms with van der Waals surface area (Å²) in [6.07, 6.45) is 0. The van der Waals surface area contributed by atoms with Crippen LogP contribution in [0.15, 0.2) is 18.2 Å². The van der Waals surface area contributed by atoms with Crippen LogP contribution in [0.5, 0.6) is 5.75 Å². The molecule has 1 heterocycles. The Bertz CT molecular complexity index is 526. The van der Waals surface area contributed by atoms with E-state index in [1.165, 1.54) is 0 Å². The van der Waals surface area contributed by atoms with Gasteiger partial charge in [-0.2, -0.15) is 4.39 Å². The molecule has 1 aromatic heterocycles. The summed E-state index contributed by atoms with van der Waals surface area (Å²) >= 11 is 0. The van der Waals surface area contributed by atoms with Crippen LogP contribution in [0.4, 0.5) is 4.39 Å². The first-order valence-corrected chi connectivity index (χ1v) is 5.13. The SMILES string of the molecule is COc1cccc2c(F)nc(C(C)C)nc12. The number of fused-ring (bicyclic) bond motifs is 1. The molecule has 0 unspecified atom stereocenters. The maximum absolute atomic E-state index is 13.7. The molecule has 0 aliphatic rings. The molecule has 1 aromatic carbocycles. The molecule has 0 amide bonds. The second-order valence-corrected chi connectivity index (χ2v) is 3.88. The molecule has 0 spiro atoms. The standard InChI is InChI=1S/C12H13FN2O/c1-7(2)12-14-10-8(11(13)15-12)5-4-6-9(10)16-3/h4-7H,1-3H3. The second-order valence-electron chi connectivity index (χ2n) is 3.88. The van der Waals surface area contributed by atoms with Crippen molar-refractivity contribution in [1.82, 2.24) is 9.97 Å². The third-order valence-electron chi connectivity index (χ3n) is 2.40. The molecule has 0 aliphatic carbocycles. The molecule has 4 heteroatoms. The van der Waals surface area contributed by atoms with E-state index in [9.17, 15) is 4.39 Å². The van der Waals surface area contributed by atoms with E-state index in [1.807, 2.05) is 13.8 Å². The first-order chi connectivity index (χ1) is 7.63. The van der Waals surface area contributed by atoms with Crippen molar-refractivity contribution in [1.29, 1.82) is 0 Å². The molecule has 2 aromatic rings. The summed E-state index contributed by atoms with van der Waals surface area (Å²) in [7, 11) is 1.55. The number of nitrogens with zero attached hydrogens (tertiary/aromatic N) is 2. The number of benzene rings is 1. The van der Waals surface area contributed by atoms with Gasteiger partial charge in [0.25, 0.3) is 0 Å². The van der Waals surface area contributed by atoms with Crippen LogP contribution in [-0.2, 0) is 0 Å². The van der Waals surface area contributed by atoms with Crippen LogP contribution in [0.3, 0.4) is 0 Å². The van der Waals surface area contributed by atoms with Crippen molar-refractivity contribution in [2.45, 2.75) is 19.8 Å². The van der Waals surface area contributed by atoms with Gasteiger partial charge in [0.2, 0.25) is 5.95 Å². The quantitative estimate of drug-likeness (QED) is 0.730. The molecule has 3 nitrogen and oxygen atoms in total. The van der Waals surface area contributed by atoms with Crippen molar-refractivity contribution in [3.05, 3.63) is 30.0 Å². The second kappa shape index (κ2) is 4.04. The van der Waals surface area contributed by atoms with Gasteiger partial charge in [0.05, 0.1) is 12.5 Å². The van der Waals surface area contributed by atoms with E-state index in [0.717, 1.165) is 0 Å². The lowest BCUT2D eigenvalue weighted by Crippen LogP contribution is -2.02. The van der Waals surface area contributed by atoms with E-state index < -0.39 is 5.95 Å². The fourth-order valence-electron chi connectivity index (χ4n) is 1.53. The topological polar surface area (TPSA) is 35.0 Å². The van der Waals surface area contributed by atoms with Crippen molar-refractivity contribution in [3.8, 4) is 5.75 Å². The van der Waals surface area contributed by atoms with E-state index >= 15 is 0 Å². The number of halogens is 1. The van der Waals surface area contributed by atoms with Crippen molar-refractivity contribution in [2.75, 3.05) is 7.11 Å². The van der Waals surface area contributed by atoms with E-state index in [4.69, 9.17) is 4.74 Å². The number of hydrogen-bond acceptors (Lipinski definition) is 3. The van der Waals surface area contributed by atoms with Crippen LogP contribution in [0, 0.1) is 5.95 Å². The normalized spacial score (nSPS) is 11.1. The lowest BCUT2D eigenvalue weighted by atomic mass is 10.2.